The first kappa shape index (κ1) is 24.6. The summed E-state index contributed by atoms with van der Waals surface area (Å²) in [4.78, 5) is 25.7. The van der Waals surface area contributed by atoms with Crippen molar-refractivity contribution in [2.75, 3.05) is 33.5 Å². The van der Waals surface area contributed by atoms with Crippen molar-refractivity contribution >= 4 is 34.4 Å². The number of hydrogen-bond donors (Lipinski definition) is 2. The molecule has 0 aliphatic carbocycles. The molecule has 2 aliphatic heterocycles. The number of ether oxygens (including phenoxy) is 3. The highest BCUT2D eigenvalue weighted by atomic mass is 35.5. The number of carboxylic acids is 1. The number of hydrogen-bond acceptors (Lipinski definition) is 5. The van der Waals surface area contributed by atoms with E-state index in [2.05, 4.69) is 5.32 Å². The van der Waals surface area contributed by atoms with E-state index in [0.29, 0.717) is 62.2 Å². The normalized spacial score (nSPS) is 21.4. The van der Waals surface area contributed by atoms with Crippen molar-refractivity contribution < 1.29 is 28.9 Å². The largest absolute Gasteiger partial charge is 0.495 e. The highest BCUT2D eigenvalue weighted by Gasteiger charge is 2.43. The Morgan fingerprint density at radius 2 is 1.69 bits per heavy atom. The molecule has 1 atom stereocenters. The van der Waals surface area contributed by atoms with Gasteiger partial charge in [-0.05, 0) is 42.2 Å². The van der Waals surface area contributed by atoms with E-state index in [1.54, 1.807) is 19.2 Å². The molecule has 0 spiro atoms. The second kappa shape index (κ2) is 9.42. The molecule has 3 aromatic rings. The van der Waals surface area contributed by atoms with Crippen LogP contribution in [0.4, 0.5) is 0 Å². The van der Waals surface area contributed by atoms with E-state index < -0.39 is 16.9 Å². The Hall–Kier alpha value is -3.07. The van der Waals surface area contributed by atoms with Crippen LogP contribution in [0, 0.1) is 0 Å². The summed E-state index contributed by atoms with van der Waals surface area (Å²) in [5.41, 5.74) is 1.24. The molecule has 8 nitrogen and oxygen atoms in total. The zero-order valence-electron chi connectivity index (χ0n) is 20.3. The molecule has 3 heterocycles. The van der Waals surface area contributed by atoms with E-state index in [9.17, 15) is 14.7 Å². The molecule has 2 aliphatic rings. The number of nitrogens with one attached hydrogen (secondary N) is 1. The number of methoxy groups -OCH3 is 1. The van der Waals surface area contributed by atoms with Gasteiger partial charge in [-0.3, -0.25) is 9.59 Å². The number of aromatic nitrogens is 1. The molecule has 1 unspecified atom stereocenters. The Balaban J connectivity index is 1.46. The van der Waals surface area contributed by atoms with Gasteiger partial charge in [-0.25, -0.2) is 0 Å². The van der Waals surface area contributed by atoms with E-state index in [-0.39, 0.29) is 5.91 Å². The van der Waals surface area contributed by atoms with E-state index >= 15 is 0 Å². The number of carbonyl (C=O) groups excluding carboxylic acids is 1. The fourth-order valence-electron chi connectivity index (χ4n) is 5.43. The Morgan fingerprint density at radius 3 is 2.31 bits per heavy atom. The van der Waals surface area contributed by atoms with Crippen LogP contribution >= 0.6 is 11.6 Å². The summed E-state index contributed by atoms with van der Waals surface area (Å²) in [6.45, 7) is 1.68. The lowest BCUT2D eigenvalue weighted by atomic mass is 9.73. The van der Waals surface area contributed by atoms with E-state index in [0.717, 1.165) is 22.0 Å². The van der Waals surface area contributed by atoms with Crippen LogP contribution in [-0.2, 0) is 32.3 Å². The van der Waals surface area contributed by atoms with Crippen LogP contribution in [0.5, 0.6) is 5.75 Å². The van der Waals surface area contributed by atoms with Crippen LogP contribution in [0.25, 0.3) is 10.9 Å². The van der Waals surface area contributed by atoms with Gasteiger partial charge in [0.15, 0.2) is 0 Å². The predicted molar refractivity (Wildman–Crippen MR) is 135 cm³/mol. The fraction of sp³-hybridized carbons (Fsp3) is 0.407. The lowest BCUT2D eigenvalue weighted by molar-refractivity contribution is -0.147. The first-order chi connectivity index (χ1) is 17.3. The minimum atomic E-state index is -0.956. The summed E-state index contributed by atoms with van der Waals surface area (Å²) >= 11 is 6.50. The van der Waals surface area contributed by atoms with Gasteiger partial charge in [0.1, 0.15) is 11.4 Å². The summed E-state index contributed by atoms with van der Waals surface area (Å²) in [5, 5.41) is 14.4. The molecule has 190 valence electrons. The third-order valence-corrected chi connectivity index (χ3v) is 8.09. The third kappa shape index (κ3) is 3.93. The van der Waals surface area contributed by atoms with E-state index in [1.807, 2.05) is 41.9 Å². The predicted octanol–water partition coefficient (Wildman–Crippen LogP) is 4.02. The number of nitrogens with zero attached hydrogens (tertiary/aromatic N) is 1. The highest BCUT2D eigenvalue weighted by Crippen LogP contribution is 2.38. The van der Waals surface area contributed by atoms with Gasteiger partial charge in [-0.1, -0.05) is 35.9 Å². The summed E-state index contributed by atoms with van der Waals surface area (Å²) in [6, 6.07) is 13.0. The maximum Gasteiger partial charge on any atom is 0.314 e. The number of rotatable bonds is 6. The zero-order valence-corrected chi connectivity index (χ0v) is 21.1. The molecule has 0 radical (unpaired) electrons. The SMILES string of the molecule is COc1ccc2c(cc(C(=O)NC3(c4ccc(C5(C(=O)O)CCOCC5)cc4)CCOC3)n2C)c1Cl. The van der Waals surface area contributed by atoms with Crippen LogP contribution in [0.1, 0.15) is 40.9 Å². The quantitative estimate of drug-likeness (QED) is 0.517. The number of amides is 1. The number of halogens is 1. The first-order valence-electron chi connectivity index (χ1n) is 12.0. The van der Waals surface area contributed by atoms with Gasteiger partial charge >= 0.3 is 5.97 Å². The molecule has 0 bridgehead atoms. The first-order valence-corrected chi connectivity index (χ1v) is 12.3. The molecule has 2 fully saturated rings. The summed E-state index contributed by atoms with van der Waals surface area (Å²) in [7, 11) is 3.38. The number of fused-ring (bicyclic) bond motifs is 1. The molecular formula is C27H29ClN2O6. The summed E-state index contributed by atoms with van der Waals surface area (Å²) < 4.78 is 18.3. The Bertz CT molecular complexity index is 1300. The van der Waals surface area contributed by atoms with Crippen LogP contribution in [-0.4, -0.2) is 55.1 Å². The zero-order chi connectivity index (χ0) is 25.5. The molecule has 2 saturated heterocycles. The topological polar surface area (TPSA) is 99.0 Å². The second-order valence-corrected chi connectivity index (χ2v) is 9.90. The maximum absolute atomic E-state index is 13.5. The molecule has 1 aromatic heterocycles. The lowest BCUT2D eigenvalue weighted by Gasteiger charge is -2.34. The van der Waals surface area contributed by atoms with Gasteiger partial charge in [-0.15, -0.1) is 0 Å². The Labute approximate surface area is 214 Å². The van der Waals surface area contributed by atoms with Gasteiger partial charge in [0.25, 0.3) is 5.91 Å². The van der Waals surface area contributed by atoms with E-state index in [1.165, 1.54) is 0 Å². The molecule has 9 heteroatoms. The lowest BCUT2D eigenvalue weighted by Crippen LogP contribution is -2.47. The van der Waals surface area contributed by atoms with E-state index in [4.69, 9.17) is 25.8 Å². The van der Waals surface area contributed by atoms with Gasteiger partial charge in [0, 0.05) is 38.7 Å². The standard InChI is InChI=1S/C27H29ClN2O6/c1-30-20-7-8-22(34-2)23(28)19(20)15-21(30)24(31)29-27(11-14-36-16-27)18-5-3-17(4-6-18)26(25(32)33)9-12-35-13-10-26/h3-8,15H,9-14,16H2,1-2H3,(H,29,31)(H,32,33). The summed E-state index contributed by atoms with van der Waals surface area (Å²) in [6.07, 6.45) is 1.47. The molecule has 0 saturated carbocycles. The van der Waals surface area contributed by atoms with Crippen molar-refractivity contribution in [2.24, 2.45) is 7.05 Å². The number of aliphatic carboxylic acids is 1. The number of aryl methyl sites for hydroxylation is 1. The minimum Gasteiger partial charge on any atom is -0.495 e. The molecule has 2 aromatic carbocycles. The Morgan fingerprint density at radius 1 is 1.03 bits per heavy atom. The fourth-order valence-corrected chi connectivity index (χ4v) is 5.72. The molecule has 36 heavy (non-hydrogen) atoms. The van der Waals surface area contributed by atoms with Crippen LogP contribution in [0.3, 0.4) is 0 Å². The van der Waals surface area contributed by atoms with Crippen molar-refractivity contribution in [2.45, 2.75) is 30.2 Å². The van der Waals surface area contributed by atoms with Crippen molar-refractivity contribution in [3.8, 4) is 5.75 Å². The maximum atomic E-state index is 13.5. The van der Waals surface area contributed by atoms with Gasteiger partial charge in [0.2, 0.25) is 0 Å². The molecule has 1 amide bonds. The van der Waals surface area contributed by atoms with Gasteiger partial charge in [0.05, 0.1) is 35.2 Å². The number of benzene rings is 2. The average Bonchev–Trinajstić information content (AvgIpc) is 3.50. The van der Waals surface area contributed by atoms with Gasteiger partial charge in [-0.2, -0.15) is 0 Å². The minimum absolute atomic E-state index is 0.246. The smallest absolute Gasteiger partial charge is 0.314 e. The van der Waals surface area contributed by atoms with Crippen LogP contribution < -0.4 is 10.1 Å². The highest BCUT2D eigenvalue weighted by molar-refractivity contribution is 6.37. The van der Waals surface area contributed by atoms with Crippen molar-refractivity contribution in [1.82, 2.24) is 9.88 Å². The summed E-state index contributed by atoms with van der Waals surface area (Å²) in [5.74, 6) is -0.535. The van der Waals surface area contributed by atoms with Crippen LogP contribution in [0.2, 0.25) is 5.02 Å². The van der Waals surface area contributed by atoms with Crippen LogP contribution in [0.15, 0.2) is 42.5 Å². The monoisotopic (exact) mass is 512 g/mol. The van der Waals surface area contributed by atoms with Crippen molar-refractivity contribution in [1.29, 1.82) is 0 Å². The average molecular weight is 513 g/mol. The second-order valence-electron chi connectivity index (χ2n) is 9.52. The third-order valence-electron chi connectivity index (χ3n) is 7.70. The number of carbonyl (C=O) groups is 2. The number of carboxylic acid groups (broad SMARTS) is 1. The van der Waals surface area contributed by atoms with Crippen molar-refractivity contribution in [3.05, 3.63) is 64.3 Å². The Kier molecular flexibility index (Phi) is 6.44. The molecular weight excluding hydrogens is 484 g/mol. The molecule has 5 rings (SSSR count). The van der Waals surface area contributed by atoms with Gasteiger partial charge < -0.3 is 29.2 Å². The molecule has 2 N–H and O–H groups in total. The van der Waals surface area contributed by atoms with Crippen molar-refractivity contribution in [3.63, 3.8) is 0 Å².